The van der Waals surface area contributed by atoms with Gasteiger partial charge < -0.3 is 14.5 Å². The van der Waals surface area contributed by atoms with Gasteiger partial charge >= 0.3 is 0 Å². The minimum absolute atomic E-state index is 0.167. The Bertz CT molecular complexity index is 902. The van der Waals surface area contributed by atoms with Crippen LogP contribution in [0.3, 0.4) is 0 Å². The number of hydrogen-bond acceptors (Lipinski definition) is 7. The van der Waals surface area contributed by atoms with E-state index in [-0.39, 0.29) is 17.1 Å². The number of carbonyl (C=O) groups is 1. The molecule has 2 N–H and O–H groups in total. The first-order chi connectivity index (χ1) is 13.9. The highest BCUT2D eigenvalue weighted by molar-refractivity contribution is 7.99. The summed E-state index contributed by atoms with van der Waals surface area (Å²) in [6.07, 6.45) is 5.49. The molecule has 1 aromatic heterocycles. The lowest BCUT2D eigenvalue weighted by Crippen LogP contribution is -2.20. The predicted molar refractivity (Wildman–Crippen MR) is 119 cm³/mol. The zero-order valence-corrected chi connectivity index (χ0v) is 18.0. The molecule has 0 aliphatic heterocycles. The fraction of sp³-hybridized carbons (Fsp3) is 0.273. The van der Waals surface area contributed by atoms with Gasteiger partial charge in [-0.25, -0.2) is 0 Å². The van der Waals surface area contributed by atoms with Crippen LogP contribution in [0, 0.1) is 6.92 Å². The predicted octanol–water partition coefficient (Wildman–Crippen LogP) is 4.08. The molecule has 0 aliphatic carbocycles. The summed E-state index contributed by atoms with van der Waals surface area (Å²) in [7, 11) is 3.88. The second kappa shape index (κ2) is 10.7. The summed E-state index contributed by atoms with van der Waals surface area (Å²) in [5.41, 5.74) is 3.78. The third-order valence-corrected chi connectivity index (χ3v) is 5.23. The van der Waals surface area contributed by atoms with Gasteiger partial charge in [-0.2, -0.15) is 0 Å². The Morgan fingerprint density at radius 2 is 1.79 bits per heavy atom. The van der Waals surface area contributed by atoms with E-state index in [1.807, 2.05) is 49.8 Å². The molecule has 0 radical (unpaired) electrons. The molecule has 2 aromatic rings. The number of carbonyl (C=O) groups excluding carboxylic acids is 1. The van der Waals surface area contributed by atoms with Gasteiger partial charge in [-0.3, -0.25) is 14.7 Å². The molecule has 0 aliphatic rings. The molecular formula is C22H27N3O3S. The van der Waals surface area contributed by atoms with Crippen LogP contribution in [0.15, 0.2) is 48.8 Å². The van der Waals surface area contributed by atoms with Crippen LogP contribution in [0.1, 0.15) is 27.0 Å². The van der Waals surface area contributed by atoms with Gasteiger partial charge in [0.2, 0.25) is 0 Å². The van der Waals surface area contributed by atoms with Gasteiger partial charge in [0.05, 0.1) is 17.4 Å². The largest absolute Gasteiger partial charge is 0.508 e. The number of aromatic hydroxyl groups is 2. The molecule has 7 heteroatoms. The van der Waals surface area contributed by atoms with E-state index in [2.05, 4.69) is 9.88 Å². The summed E-state index contributed by atoms with van der Waals surface area (Å²) in [5.74, 6) is 0.0545. The zero-order valence-electron chi connectivity index (χ0n) is 17.2. The number of nitrogens with zero attached hydrogens (tertiary/aromatic N) is 3. The Kier molecular flexibility index (Phi) is 8.30. The molecule has 0 unspecified atom stereocenters. The molecule has 0 spiro atoms. The smallest absolute Gasteiger partial charge is 0.154 e. The first-order valence-electron chi connectivity index (χ1n) is 9.10. The molecule has 0 saturated carbocycles. The number of benzene rings is 1. The fourth-order valence-electron chi connectivity index (χ4n) is 3.08. The SMILES string of the molecule is CSN(C)c1c(C)cccncc(O)c(C=O)c1CN(C)Cc1ccc(O)cc1. The maximum atomic E-state index is 12.0. The zero-order chi connectivity index (χ0) is 21.4. The van der Waals surface area contributed by atoms with E-state index >= 15 is 0 Å². The van der Waals surface area contributed by atoms with Crippen molar-refractivity contribution in [1.82, 2.24) is 9.88 Å². The Morgan fingerprint density at radius 3 is 2.41 bits per heavy atom. The maximum Gasteiger partial charge on any atom is 0.154 e. The highest BCUT2D eigenvalue weighted by atomic mass is 32.2. The number of anilines is 1. The number of rotatable bonds is 7. The Labute approximate surface area is 176 Å². The minimum Gasteiger partial charge on any atom is -0.508 e. The Morgan fingerprint density at radius 1 is 1.10 bits per heavy atom. The van der Waals surface area contributed by atoms with Crippen LogP contribution in [-0.2, 0) is 13.1 Å². The second-order valence-electron chi connectivity index (χ2n) is 6.73. The Hall–Kier alpha value is -2.77. The number of hydrogen-bond donors (Lipinski definition) is 2. The summed E-state index contributed by atoms with van der Waals surface area (Å²) in [5, 5.41) is 20.0. The molecule has 6 nitrogen and oxygen atoms in total. The normalized spacial score (nSPS) is 10.5. The lowest BCUT2D eigenvalue weighted by Gasteiger charge is -2.25. The van der Waals surface area contributed by atoms with Crippen LogP contribution < -0.4 is 4.31 Å². The van der Waals surface area contributed by atoms with Crippen molar-refractivity contribution in [3.05, 3.63) is 71.0 Å². The molecule has 0 fully saturated rings. The van der Waals surface area contributed by atoms with E-state index in [0.29, 0.717) is 24.9 Å². The number of phenols is 1. The highest BCUT2D eigenvalue weighted by Crippen LogP contribution is 2.31. The Balaban J connectivity index is 2.61. The van der Waals surface area contributed by atoms with Crippen molar-refractivity contribution in [1.29, 1.82) is 0 Å². The van der Waals surface area contributed by atoms with Crippen LogP contribution in [0.4, 0.5) is 5.69 Å². The molecule has 0 saturated heterocycles. The van der Waals surface area contributed by atoms with Crippen LogP contribution in [0.2, 0.25) is 0 Å². The van der Waals surface area contributed by atoms with Crippen molar-refractivity contribution in [3.8, 4) is 11.5 Å². The number of aromatic nitrogens is 1. The maximum absolute atomic E-state index is 12.0. The average molecular weight is 414 g/mol. The van der Waals surface area contributed by atoms with Crippen molar-refractivity contribution < 1.29 is 15.0 Å². The summed E-state index contributed by atoms with van der Waals surface area (Å²) in [6.45, 7) is 3.02. The molecule has 1 aromatic carbocycles. The summed E-state index contributed by atoms with van der Waals surface area (Å²) >= 11 is 1.52. The van der Waals surface area contributed by atoms with E-state index in [9.17, 15) is 15.0 Å². The van der Waals surface area contributed by atoms with E-state index in [1.165, 1.54) is 18.1 Å². The number of phenolic OH excluding ortho intramolecular Hbond substituents is 1. The first-order valence-corrected chi connectivity index (χ1v) is 10.3. The summed E-state index contributed by atoms with van der Waals surface area (Å²) in [6, 6.07) is 10.8. The topological polar surface area (TPSA) is 76.9 Å². The summed E-state index contributed by atoms with van der Waals surface area (Å²) < 4.78 is 1.99. The molecule has 0 atom stereocenters. The van der Waals surface area contributed by atoms with Gasteiger partial charge in [0.25, 0.3) is 0 Å². The van der Waals surface area contributed by atoms with E-state index < -0.39 is 0 Å². The molecule has 1 heterocycles. The van der Waals surface area contributed by atoms with Gasteiger partial charge in [0.1, 0.15) is 11.5 Å². The average Bonchev–Trinajstić information content (AvgIpc) is 2.69. The molecule has 154 valence electrons. The van der Waals surface area contributed by atoms with E-state index in [0.717, 1.165) is 16.8 Å². The minimum atomic E-state index is -0.167. The molecular weight excluding hydrogens is 386 g/mol. The van der Waals surface area contributed by atoms with Gasteiger partial charge in [0, 0.05) is 38.2 Å². The standard InChI is InChI=1S/C22H27N3O3S/c1-16-6-5-11-23-12-21(28)20(15-26)19(22(16)25(3)29-4)14-24(2)13-17-7-9-18(27)10-8-17/h5-12,15,27-28H,13-14H2,1-4H3. The third-order valence-electron chi connectivity index (χ3n) is 4.50. The van der Waals surface area contributed by atoms with Crippen molar-refractivity contribution in [2.45, 2.75) is 20.0 Å². The van der Waals surface area contributed by atoms with Crippen molar-refractivity contribution in [2.24, 2.45) is 0 Å². The number of aldehydes is 1. The lowest BCUT2D eigenvalue weighted by molar-refractivity contribution is 0.111. The van der Waals surface area contributed by atoms with Crippen LogP contribution in [0.25, 0.3) is 0 Å². The fourth-order valence-corrected chi connectivity index (χ4v) is 3.52. The van der Waals surface area contributed by atoms with Gasteiger partial charge in [0.15, 0.2) is 6.29 Å². The number of aryl methyl sites for hydroxylation is 1. The van der Waals surface area contributed by atoms with Crippen molar-refractivity contribution >= 4 is 23.9 Å². The van der Waals surface area contributed by atoms with Crippen LogP contribution in [-0.4, -0.2) is 46.7 Å². The van der Waals surface area contributed by atoms with E-state index in [4.69, 9.17) is 0 Å². The van der Waals surface area contributed by atoms with Gasteiger partial charge in [-0.15, -0.1) is 0 Å². The highest BCUT2D eigenvalue weighted by Gasteiger charge is 2.17. The second-order valence-corrected chi connectivity index (χ2v) is 7.64. The quantitative estimate of drug-likeness (QED) is 0.523. The van der Waals surface area contributed by atoms with Gasteiger partial charge in [-0.05, 0) is 43.3 Å². The van der Waals surface area contributed by atoms with Gasteiger partial charge in [-0.1, -0.05) is 30.1 Å². The van der Waals surface area contributed by atoms with E-state index in [1.54, 1.807) is 24.4 Å². The van der Waals surface area contributed by atoms with Crippen molar-refractivity contribution in [2.75, 3.05) is 24.7 Å². The van der Waals surface area contributed by atoms with Crippen LogP contribution >= 0.6 is 11.9 Å². The van der Waals surface area contributed by atoms with Crippen molar-refractivity contribution in [3.63, 3.8) is 0 Å². The van der Waals surface area contributed by atoms with Crippen LogP contribution in [0.5, 0.6) is 11.5 Å². The summed E-state index contributed by atoms with van der Waals surface area (Å²) in [4.78, 5) is 18.0. The molecule has 29 heavy (non-hydrogen) atoms. The molecule has 2 rings (SSSR count). The first kappa shape index (κ1) is 22.5. The third kappa shape index (κ3) is 6.10. The monoisotopic (exact) mass is 413 g/mol. The molecule has 0 bridgehead atoms. The lowest BCUT2D eigenvalue weighted by atomic mass is 10.0. The molecule has 0 amide bonds.